The first-order valence-electron chi connectivity index (χ1n) is 7.36. The molecule has 0 amide bonds. The van der Waals surface area contributed by atoms with Crippen LogP contribution in [0.4, 0.5) is 0 Å². The van der Waals surface area contributed by atoms with Gasteiger partial charge in [0.2, 0.25) is 0 Å². The third kappa shape index (κ3) is 3.27. The van der Waals surface area contributed by atoms with E-state index in [4.69, 9.17) is 4.74 Å². The Balaban J connectivity index is 2.03. The number of nitrogens with zero attached hydrogens (tertiary/aromatic N) is 1. The van der Waals surface area contributed by atoms with E-state index in [-0.39, 0.29) is 5.92 Å². The van der Waals surface area contributed by atoms with Crippen molar-refractivity contribution < 1.29 is 14.6 Å². The van der Waals surface area contributed by atoms with Crippen molar-refractivity contribution >= 4 is 5.97 Å². The molecule has 19 heavy (non-hydrogen) atoms. The zero-order chi connectivity index (χ0) is 13.9. The van der Waals surface area contributed by atoms with Crippen molar-refractivity contribution in [3.05, 3.63) is 0 Å². The molecular weight excluding hydrogens is 244 g/mol. The average Bonchev–Trinajstić information content (AvgIpc) is 3.23. The molecule has 0 aromatic rings. The maximum absolute atomic E-state index is 11.8. The van der Waals surface area contributed by atoms with E-state index < -0.39 is 11.5 Å². The lowest BCUT2D eigenvalue weighted by atomic mass is 9.91. The van der Waals surface area contributed by atoms with Crippen molar-refractivity contribution in [3.63, 3.8) is 0 Å². The van der Waals surface area contributed by atoms with Crippen LogP contribution in [-0.4, -0.2) is 60.9 Å². The Bertz CT molecular complexity index is 314. The lowest BCUT2D eigenvalue weighted by Gasteiger charge is -2.39. The molecule has 110 valence electrons. The average molecular weight is 270 g/mol. The van der Waals surface area contributed by atoms with E-state index in [1.54, 1.807) is 0 Å². The van der Waals surface area contributed by atoms with Crippen LogP contribution >= 0.6 is 0 Å². The molecule has 1 aliphatic heterocycles. The fourth-order valence-electron chi connectivity index (χ4n) is 3.19. The molecule has 2 fully saturated rings. The Morgan fingerprint density at radius 3 is 2.47 bits per heavy atom. The van der Waals surface area contributed by atoms with Crippen molar-refractivity contribution in [2.24, 2.45) is 5.92 Å². The molecule has 0 bridgehead atoms. The predicted molar refractivity (Wildman–Crippen MR) is 73.2 cm³/mol. The molecule has 1 atom stereocenters. The van der Waals surface area contributed by atoms with Crippen LogP contribution in [0.3, 0.4) is 0 Å². The van der Waals surface area contributed by atoms with Crippen LogP contribution in [0, 0.1) is 5.92 Å². The summed E-state index contributed by atoms with van der Waals surface area (Å²) in [4.78, 5) is 14.0. The lowest BCUT2D eigenvalue weighted by molar-refractivity contribution is -0.147. The number of carboxylic acid groups (broad SMARTS) is 1. The van der Waals surface area contributed by atoms with Crippen molar-refractivity contribution in [2.45, 2.75) is 44.2 Å². The molecule has 1 saturated carbocycles. The van der Waals surface area contributed by atoms with E-state index >= 15 is 0 Å². The van der Waals surface area contributed by atoms with Gasteiger partial charge in [-0.25, -0.2) is 0 Å². The fourth-order valence-corrected chi connectivity index (χ4v) is 3.19. The summed E-state index contributed by atoms with van der Waals surface area (Å²) in [7, 11) is 2.05. The van der Waals surface area contributed by atoms with Crippen molar-refractivity contribution in [2.75, 3.05) is 33.4 Å². The first-order chi connectivity index (χ1) is 9.10. The molecule has 0 aromatic carbocycles. The second-order valence-electron chi connectivity index (χ2n) is 5.84. The van der Waals surface area contributed by atoms with Crippen LogP contribution < -0.4 is 5.32 Å². The molecular formula is C14H26N2O3. The fraction of sp³-hybridized carbons (Fsp3) is 0.929. The largest absolute Gasteiger partial charge is 0.480 e. The molecule has 0 aromatic heterocycles. The highest BCUT2D eigenvalue weighted by Crippen LogP contribution is 2.40. The van der Waals surface area contributed by atoms with E-state index in [0.717, 1.165) is 38.9 Å². The van der Waals surface area contributed by atoms with Crippen LogP contribution in [0.2, 0.25) is 0 Å². The van der Waals surface area contributed by atoms with Crippen molar-refractivity contribution in [1.82, 2.24) is 10.2 Å². The normalized spacial score (nSPS) is 24.4. The minimum atomic E-state index is -0.762. The first kappa shape index (κ1) is 14.8. The van der Waals surface area contributed by atoms with Gasteiger partial charge in [-0.15, -0.1) is 0 Å². The van der Waals surface area contributed by atoms with Gasteiger partial charge in [-0.3, -0.25) is 4.79 Å². The van der Waals surface area contributed by atoms with Gasteiger partial charge in [0.15, 0.2) is 0 Å². The molecule has 1 aliphatic carbocycles. The molecule has 5 nitrogen and oxygen atoms in total. The number of hydrogen-bond donors (Lipinski definition) is 2. The predicted octanol–water partition coefficient (Wildman–Crippen LogP) is 0.940. The number of nitrogens with one attached hydrogen (secondary N) is 1. The van der Waals surface area contributed by atoms with E-state index in [1.165, 1.54) is 0 Å². The molecule has 1 heterocycles. The number of carbonyl (C=O) groups is 1. The molecule has 2 rings (SSSR count). The van der Waals surface area contributed by atoms with Crippen LogP contribution in [0.15, 0.2) is 0 Å². The molecule has 2 N–H and O–H groups in total. The Labute approximate surface area is 115 Å². The number of rotatable bonds is 7. The smallest absolute Gasteiger partial charge is 0.325 e. The third-order valence-corrected chi connectivity index (χ3v) is 4.46. The van der Waals surface area contributed by atoms with Gasteiger partial charge in [0.05, 0.1) is 0 Å². The third-order valence-electron chi connectivity index (χ3n) is 4.46. The Kier molecular flexibility index (Phi) is 4.81. The SMILES string of the molecule is CCNC(CN(C)C1CCOCC1)(C(=O)O)C1CC1. The number of carboxylic acids is 1. The highest BCUT2D eigenvalue weighted by molar-refractivity contribution is 5.80. The Morgan fingerprint density at radius 2 is 2.00 bits per heavy atom. The lowest BCUT2D eigenvalue weighted by Crippen LogP contribution is -2.61. The summed E-state index contributed by atoms with van der Waals surface area (Å²) in [5.41, 5.74) is -0.762. The van der Waals surface area contributed by atoms with Crippen LogP contribution in [-0.2, 0) is 9.53 Å². The van der Waals surface area contributed by atoms with Crippen LogP contribution in [0.1, 0.15) is 32.6 Å². The van der Waals surface area contributed by atoms with E-state index in [1.807, 2.05) is 14.0 Å². The monoisotopic (exact) mass is 270 g/mol. The maximum Gasteiger partial charge on any atom is 0.325 e. The molecule has 0 spiro atoms. The second kappa shape index (κ2) is 6.20. The molecule has 2 aliphatic rings. The molecule has 5 heteroatoms. The van der Waals surface area contributed by atoms with Gasteiger partial charge in [0.25, 0.3) is 0 Å². The molecule has 0 radical (unpaired) electrons. The van der Waals surface area contributed by atoms with Gasteiger partial charge in [-0.2, -0.15) is 0 Å². The van der Waals surface area contributed by atoms with Gasteiger partial charge in [0.1, 0.15) is 5.54 Å². The minimum Gasteiger partial charge on any atom is -0.480 e. The topological polar surface area (TPSA) is 61.8 Å². The maximum atomic E-state index is 11.8. The summed E-state index contributed by atoms with van der Waals surface area (Å²) in [5.74, 6) is -0.414. The van der Waals surface area contributed by atoms with Gasteiger partial charge in [0, 0.05) is 25.8 Å². The Hall–Kier alpha value is -0.650. The second-order valence-corrected chi connectivity index (χ2v) is 5.84. The summed E-state index contributed by atoms with van der Waals surface area (Å²) in [5, 5.41) is 13.0. The summed E-state index contributed by atoms with van der Waals surface area (Å²) < 4.78 is 5.38. The Morgan fingerprint density at radius 1 is 1.37 bits per heavy atom. The van der Waals surface area contributed by atoms with Gasteiger partial charge in [-0.1, -0.05) is 6.92 Å². The van der Waals surface area contributed by atoms with Crippen molar-refractivity contribution in [3.8, 4) is 0 Å². The van der Waals surface area contributed by atoms with Crippen LogP contribution in [0.25, 0.3) is 0 Å². The first-order valence-corrected chi connectivity index (χ1v) is 7.36. The highest BCUT2D eigenvalue weighted by Gasteiger charge is 2.51. The summed E-state index contributed by atoms with van der Waals surface area (Å²) in [6.07, 6.45) is 4.06. The van der Waals surface area contributed by atoms with E-state index in [0.29, 0.717) is 19.1 Å². The summed E-state index contributed by atoms with van der Waals surface area (Å²) >= 11 is 0. The number of hydrogen-bond acceptors (Lipinski definition) is 4. The minimum absolute atomic E-state index is 0.284. The molecule has 1 saturated heterocycles. The van der Waals surface area contributed by atoms with E-state index in [9.17, 15) is 9.90 Å². The zero-order valence-electron chi connectivity index (χ0n) is 12.0. The quantitative estimate of drug-likeness (QED) is 0.721. The van der Waals surface area contributed by atoms with Gasteiger partial charge in [-0.05, 0) is 45.2 Å². The van der Waals surface area contributed by atoms with Crippen LogP contribution in [0.5, 0.6) is 0 Å². The van der Waals surface area contributed by atoms with E-state index in [2.05, 4.69) is 10.2 Å². The van der Waals surface area contributed by atoms with Gasteiger partial charge >= 0.3 is 5.97 Å². The standard InChI is InChI=1S/C14H26N2O3/c1-3-15-14(13(17)18,11-4-5-11)10-16(2)12-6-8-19-9-7-12/h11-12,15H,3-10H2,1-2H3,(H,17,18). The van der Waals surface area contributed by atoms with Gasteiger partial charge < -0.3 is 20.1 Å². The summed E-state index contributed by atoms with van der Waals surface area (Å²) in [6, 6.07) is 0.449. The van der Waals surface area contributed by atoms with Crippen molar-refractivity contribution in [1.29, 1.82) is 0 Å². The number of ether oxygens (including phenoxy) is 1. The highest BCUT2D eigenvalue weighted by atomic mass is 16.5. The molecule has 1 unspecified atom stereocenters. The number of aliphatic carboxylic acids is 1. The number of likely N-dealkylation sites (N-methyl/N-ethyl adjacent to an activating group) is 2. The summed E-state index contributed by atoms with van der Waals surface area (Å²) in [6.45, 7) is 4.85. The zero-order valence-corrected chi connectivity index (χ0v) is 12.0.